The summed E-state index contributed by atoms with van der Waals surface area (Å²) in [5, 5.41) is 17.9. The third-order valence-electron chi connectivity index (χ3n) is 1.86. The molecule has 0 aliphatic rings. The number of aromatic hydroxyl groups is 1. The van der Waals surface area contributed by atoms with Crippen LogP contribution in [0, 0.1) is 5.82 Å². The fraction of sp³-hybridized carbons (Fsp3) is 0.333. The van der Waals surface area contributed by atoms with Crippen LogP contribution in [0.5, 0.6) is 11.5 Å². The van der Waals surface area contributed by atoms with Gasteiger partial charge in [0.25, 0.3) is 0 Å². The molecule has 1 rings (SSSR count). The molecule has 1 aromatic carbocycles. The van der Waals surface area contributed by atoms with Crippen molar-refractivity contribution in [2.24, 2.45) is 5.73 Å². The summed E-state index contributed by atoms with van der Waals surface area (Å²) in [5.74, 6) is -0.805. The molecule has 0 saturated carbocycles. The zero-order valence-electron chi connectivity index (χ0n) is 7.70. The van der Waals surface area contributed by atoms with Gasteiger partial charge >= 0.3 is 0 Å². The number of nitrogens with two attached hydrogens (primary N) is 1. The molecule has 0 heterocycles. The molecule has 0 saturated heterocycles. The van der Waals surface area contributed by atoms with Crippen molar-refractivity contribution in [2.75, 3.05) is 13.7 Å². The van der Waals surface area contributed by atoms with Crippen LogP contribution in [0.4, 0.5) is 4.39 Å². The minimum atomic E-state index is -0.856. The second kappa shape index (κ2) is 4.26. The third kappa shape index (κ3) is 1.94. The lowest BCUT2D eigenvalue weighted by molar-refractivity contribution is 0.261. The van der Waals surface area contributed by atoms with E-state index in [0.717, 1.165) is 6.07 Å². The summed E-state index contributed by atoms with van der Waals surface area (Å²) in [5.41, 5.74) is 5.53. The Labute approximate surface area is 80.7 Å². The smallest absolute Gasteiger partial charge is 0.135 e. The fourth-order valence-corrected chi connectivity index (χ4v) is 1.20. The van der Waals surface area contributed by atoms with Crippen LogP contribution in [0.2, 0.25) is 0 Å². The van der Waals surface area contributed by atoms with Gasteiger partial charge in [0.2, 0.25) is 0 Å². The van der Waals surface area contributed by atoms with Crippen LogP contribution in [0.1, 0.15) is 11.6 Å². The van der Waals surface area contributed by atoms with Crippen molar-refractivity contribution in [1.29, 1.82) is 0 Å². The topological polar surface area (TPSA) is 75.7 Å². The number of ether oxygens (including phenoxy) is 1. The summed E-state index contributed by atoms with van der Waals surface area (Å²) < 4.78 is 18.1. The molecule has 0 radical (unpaired) electrons. The first-order valence-electron chi connectivity index (χ1n) is 4.03. The van der Waals surface area contributed by atoms with Gasteiger partial charge in [-0.1, -0.05) is 0 Å². The number of phenols is 1. The molecular weight excluding hydrogens is 189 g/mol. The number of rotatable bonds is 3. The largest absolute Gasteiger partial charge is 0.508 e. The van der Waals surface area contributed by atoms with Crippen LogP contribution < -0.4 is 10.5 Å². The van der Waals surface area contributed by atoms with Crippen LogP contribution in [-0.2, 0) is 0 Å². The average Bonchev–Trinajstić information content (AvgIpc) is 2.15. The maximum absolute atomic E-state index is 13.3. The van der Waals surface area contributed by atoms with Gasteiger partial charge in [-0.15, -0.1) is 0 Å². The first-order chi connectivity index (χ1) is 6.60. The highest BCUT2D eigenvalue weighted by Gasteiger charge is 2.17. The second-order valence-corrected chi connectivity index (χ2v) is 2.83. The van der Waals surface area contributed by atoms with Crippen molar-refractivity contribution in [3.8, 4) is 11.5 Å². The number of aliphatic hydroxyl groups is 1. The van der Waals surface area contributed by atoms with E-state index in [1.54, 1.807) is 0 Å². The highest BCUT2D eigenvalue weighted by atomic mass is 19.1. The van der Waals surface area contributed by atoms with Crippen LogP contribution in [0.25, 0.3) is 0 Å². The van der Waals surface area contributed by atoms with Crippen molar-refractivity contribution in [3.63, 3.8) is 0 Å². The number of benzene rings is 1. The Bertz CT molecular complexity index is 330. The van der Waals surface area contributed by atoms with E-state index < -0.39 is 18.5 Å². The Hall–Kier alpha value is -1.33. The Morgan fingerprint density at radius 3 is 2.71 bits per heavy atom. The molecule has 4 nitrogen and oxygen atoms in total. The van der Waals surface area contributed by atoms with Crippen LogP contribution in [0.15, 0.2) is 12.1 Å². The average molecular weight is 201 g/mol. The maximum Gasteiger partial charge on any atom is 0.135 e. The number of methoxy groups -OCH3 is 1. The van der Waals surface area contributed by atoms with Gasteiger partial charge in [0.1, 0.15) is 17.3 Å². The number of aliphatic hydroxyl groups excluding tert-OH is 1. The highest BCUT2D eigenvalue weighted by molar-refractivity contribution is 5.43. The highest BCUT2D eigenvalue weighted by Crippen LogP contribution is 2.30. The summed E-state index contributed by atoms with van der Waals surface area (Å²) in [6.07, 6.45) is 0. The number of halogens is 1. The molecule has 0 aliphatic carbocycles. The van der Waals surface area contributed by atoms with Gasteiger partial charge in [0, 0.05) is 17.7 Å². The first-order valence-corrected chi connectivity index (χ1v) is 4.03. The molecular formula is C9H12FNO3. The van der Waals surface area contributed by atoms with E-state index in [1.165, 1.54) is 13.2 Å². The standard InChI is InChI=1S/C9H12FNO3/c1-14-8-3-5(13)2-6(10)9(8)7(11)4-12/h2-3,7,12-13H,4,11H2,1H3. The molecule has 0 amide bonds. The molecule has 1 atom stereocenters. The van der Waals surface area contributed by atoms with E-state index >= 15 is 0 Å². The molecule has 0 bridgehead atoms. The number of hydrogen-bond acceptors (Lipinski definition) is 4. The lowest BCUT2D eigenvalue weighted by Gasteiger charge is -2.14. The fourth-order valence-electron chi connectivity index (χ4n) is 1.20. The summed E-state index contributed by atoms with van der Waals surface area (Å²) in [7, 11) is 1.34. The summed E-state index contributed by atoms with van der Waals surface area (Å²) >= 11 is 0. The number of phenolic OH excluding ortho intramolecular Hbond substituents is 1. The van der Waals surface area contributed by atoms with Gasteiger partial charge in [-0.3, -0.25) is 0 Å². The molecule has 0 aliphatic heterocycles. The van der Waals surface area contributed by atoms with Crippen LogP contribution in [0.3, 0.4) is 0 Å². The normalized spacial score (nSPS) is 12.6. The zero-order valence-corrected chi connectivity index (χ0v) is 7.70. The Balaban J connectivity index is 3.24. The first kappa shape index (κ1) is 10.7. The predicted octanol–water partition coefficient (Wildman–Crippen LogP) is 0.532. The molecule has 4 N–H and O–H groups in total. The van der Waals surface area contributed by atoms with E-state index in [1.807, 2.05) is 0 Å². The van der Waals surface area contributed by atoms with Gasteiger partial charge in [0.05, 0.1) is 19.8 Å². The van der Waals surface area contributed by atoms with Crippen molar-refractivity contribution < 1.29 is 19.3 Å². The monoisotopic (exact) mass is 201 g/mol. The van der Waals surface area contributed by atoms with Crippen LogP contribution >= 0.6 is 0 Å². The van der Waals surface area contributed by atoms with Gasteiger partial charge < -0.3 is 20.7 Å². The van der Waals surface area contributed by atoms with E-state index in [2.05, 4.69) is 0 Å². The minimum Gasteiger partial charge on any atom is -0.508 e. The van der Waals surface area contributed by atoms with Gasteiger partial charge in [-0.25, -0.2) is 4.39 Å². The summed E-state index contributed by atoms with van der Waals surface area (Å²) in [6.45, 7) is -0.391. The Kier molecular flexibility index (Phi) is 3.27. The lowest BCUT2D eigenvalue weighted by Crippen LogP contribution is -2.17. The minimum absolute atomic E-state index is 0.0628. The quantitative estimate of drug-likeness (QED) is 0.666. The van der Waals surface area contributed by atoms with E-state index in [4.69, 9.17) is 20.7 Å². The molecule has 5 heteroatoms. The van der Waals surface area contributed by atoms with E-state index in [9.17, 15) is 4.39 Å². The molecule has 0 aromatic heterocycles. The maximum atomic E-state index is 13.3. The molecule has 14 heavy (non-hydrogen) atoms. The van der Waals surface area contributed by atoms with E-state index in [0.29, 0.717) is 0 Å². The molecule has 0 spiro atoms. The summed E-state index contributed by atoms with van der Waals surface area (Å²) in [4.78, 5) is 0. The lowest BCUT2D eigenvalue weighted by atomic mass is 10.1. The predicted molar refractivity (Wildman–Crippen MR) is 48.6 cm³/mol. The molecule has 0 fully saturated rings. The van der Waals surface area contributed by atoms with E-state index in [-0.39, 0.29) is 17.1 Å². The Morgan fingerprint density at radius 2 is 2.21 bits per heavy atom. The van der Waals surface area contributed by atoms with Crippen molar-refractivity contribution >= 4 is 0 Å². The van der Waals surface area contributed by atoms with Gasteiger partial charge in [0.15, 0.2) is 0 Å². The molecule has 78 valence electrons. The Morgan fingerprint density at radius 1 is 1.57 bits per heavy atom. The van der Waals surface area contributed by atoms with Gasteiger partial charge in [-0.2, -0.15) is 0 Å². The molecule has 1 aromatic rings. The summed E-state index contributed by atoms with van der Waals surface area (Å²) in [6, 6.07) is 1.31. The third-order valence-corrected chi connectivity index (χ3v) is 1.86. The van der Waals surface area contributed by atoms with Crippen LogP contribution in [-0.4, -0.2) is 23.9 Å². The van der Waals surface area contributed by atoms with Crippen molar-refractivity contribution in [2.45, 2.75) is 6.04 Å². The molecule has 1 unspecified atom stereocenters. The SMILES string of the molecule is COc1cc(O)cc(F)c1C(N)CO. The second-order valence-electron chi connectivity index (χ2n) is 2.83. The van der Waals surface area contributed by atoms with Gasteiger partial charge in [-0.05, 0) is 0 Å². The number of hydrogen-bond donors (Lipinski definition) is 3. The van der Waals surface area contributed by atoms with Crippen molar-refractivity contribution in [3.05, 3.63) is 23.5 Å². The zero-order chi connectivity index (χ0) is 10.7. The van der Waals surface area contributed by atoms with Crippen molar-refractivity contribution in [1.82, 2.24) is 0 Å².